The summed E-state index contributed by atoms with van der Waals surface area (Å²) in [4.78, 5) is 6.38. The Labute approximate surface area is 97.0 Å². The van der Waals surface area contributed by atoms with Gasteiger partial charge in [0.05, 0.1) is 6.04 Å². The van der Waals surface area contributed by atoms with Gasteiger partial charge < -0.3 is 15.2 Å². The van der Waals surface area contributed by atoms with Crippen LogP contribution in [0.3, 0.4) is 0 Å². The van der Waals surface area contributed by atoms with Gasteiger partial charge in [-0.15, -0.1) is 0 Å². The number of nitrogens with zero attached hydrogens (tertiary/aromatic N) is 3. The molecule has 1 aromatic rings. The lowest BCUT2D eigenvalue weighted by molar-refractivity contribution is 0.296. The van der Waals surface area contributed by atoms with Gasteiger partial charge in [0.2, 0.25) is 5.89 Å². The fourth-order valence-corrected chi connectivity index (χ4v) is 1.29. The zero-order valence-corrected chi connectivity index (χ0v) is 10.8. The molecule has 1 atom stereocenters. The molecular weight excluding hydrogens is 204 g/mol. The van der Waals surface area contributed by atoms with Crippen LogP contribution < -0.4 is 5.73 Å². The first-order valence-electron chi connectivity index (χ1n) is 5.61. The Morgan fingerprint density at radius 1 is 1.44 bits per heavy atom. The van der Waals surface area contributed by atoms with Gasteiger partial charge in [-0.1, -0.05) is 25.9 Å². The van der Waals surface area contributed by atoms with Crippen molar-refractivity contribution in [2.45, 2.75) is 38.6 Å². The van der Waals surface area contributed by atoms with Gasteiger partial charge in [-0.3, -0.25) is 0 Å². The van der Waals surface area contributed by atoms with E-state index >= 15 is 0 Å². The summed E-state index contributed by atoms with van der Waals surface area (Å²) < 4.78 is 5.26. The van der Waals surface area contributed by atoms with Crippen LogP contribution in [0.1, 0.15) is 44.9 Å². The molecule has 0 aromatic carbocycles. The highest BCUT2D eigenvalue weighted by atomic mass is 16.5. The molecule has 2 N–H and O–H groups in total. The summed E-state index contributed by atoms with van der Waals surface area (Å²) in [6.45, 7) is 6.98. The van der Waals surface area contributed by atoms with Crippen LogP contribution in [0.25, 0.3) is 0 Å². The Morgan fingerprint density at radius 2 is 2.06 bits per heavy atom. The van der Waals surface area contributed by atoms with Crippen molar-refractivity contribution in [2.75, 3.05) is 20.6 Å². The molecule has 92 valence electrons. The van der Waals surface area contributed by atoms with E-state index in [1.54, 1.807) is 0 Å². The quantitative estimate of drug-likeness (QED) is 0.820. The Kier molecular flexibility index (Phi) is 4.04. The molecule has 0 aliphatic rings. The van der Waals surface area contributed by atoms with E-state index in [-0.39, 0.29) is 11.5 Å². The molecule has 0 fully saturated rings. The third-order valence-electron chi connectivity index (χ3n) is 2.80. The minimum atomic E-state index is -0.194. The van der Waals surface area contributed by atoms with Gasteiger partial charge in [-0.2, -0.15) is 4.98 Å². The second kappa shape index (κ2) is 4.93. The van der Waals surface area contributed by atoms with Gasteiger partial charge in [-0.25, -0.2) is 0 Å². The van der Waals surface area contributed by atoms with E-state index in [2.05, 4.69) is 30.9 Å². The molecule has 0 spiro atoms. The summed E-state index contributed by atoms with van der Waals surface area (Å²) in [7, 11) is 3.94. The summed E-state index contributed by atoms with van der Waals surface area (Å²) in [5.41, 5.74) is 5.89. The second-order valence-electron chi connectivity index (χ2n) is 5.06. The van der Waals surface area contributed by atoms with Crippen molar-refractivity contribution < 1.29 is 4.52 Å². The first kappa shape index (κ1) is 13.1. The maximum absolute atomic E-state index is 5.97. The normalized spacial score (nSPS) is 14.4. The Balaban J connectivity index is 2.79. The van der Waals surface area contributed by atoms with Crippen molar-refractivity contribution in [1.82, 2.24) is 15.0 Å². The summed E-state index contributed by atoms with van der Waals surface area (Å²) in [6, 6.07) is -0.194. The Hall–Kier alpha value is -0.940. The molecule has 1 aromatic heterocycles. The lowest BCUT2D eigenvalue weighted by Crippen LogP contribution is -2.27. The SMILES string of the molecule is CCC(C)(C)c1nc(C(N)CN(C)C)no1. The lowest BCUT2D eigenvalue weighted by Gasteiger charge is -2.16. The highest BCUT2D eigenvalue weighted by molar-refractivity contribution is 5.02. The van der Waals surface area contributed by atoms with Crippen LogP contribution in [-0.2, 0) is 5.41 Å². The summed E-state index contributed by atoms with van der Waals surface area (Å²) >= 11 is 0. The van der Waals surface area contributed by atoms with Gasteiger partial charge in [0, 0.05) is 12.0 Å². The van der Waals surface area contributed by atoms with Gasteiger partial charge in [0.25, 0.3) is 0 Å². The average Bonchev–Trinajstić information content (AvgIpc) is 2.66. The van der Waals surface area contributed by atoms with Crippen LogP contribution in [0.2, 0.25) is 0 Å². The largest absolute Gasteiger partial charge is 0.339 e. The predicted octanol–water partition coefficient (Wildman–Crippen LogP) is 1.32. The van der Waals surface area contributed by atoms with Crippen molar-refractivity contribution in [3.05, 3.63) is 11.7 Å². The van der Waals surface area contributed by atoms with Gasteiger partial charge in [0.15, 0.2) is 5.82 Å². The van der Waals surface area contributed by atoms with Crippen molar-refractivity contribution in [3.63, 3.8) is 0 Å². The van der Waals surface area contributed by atoms with Crippen molar-refractivity contribution in [1.29, 1.82) is 0 Å². The standard InChI is InChI=1S/C11H22N4O/c1-6-11(2,3)10-13-9(14-16-10)8(12)7-15(4)5/h8H,6-7,12H2,1-5H3. The van der Waals surface area contributed by atoms with Crippen LogP contribution in [0.5, 0.6) is 0 Å². The average molecular weight is 226 g/mol. The molecule has 0 aliphatic carbocycles. The van der Waals surface area contributed by atoms with Crippen LogP contribution in [0, 0.1) is 0 Å². The second-order valence-corrected chi connectivity index (χ2v) is 5.06. The molecule has 0 radical (unpaired) electrons. The first-order valence-corrected chi connectivity index (χ1v) is 5.61. The smallest absolute Gasteiger partial charge is 0.232 e. The van der Waals surface area contributed by atoms with E-state index in [0.29, 0.717) is 18.3 Å². The number of hydrogen-bond donors (Lipinski definition) is 1. The summed E-state index contributed by atoms with van der Waals surface area (Å²) in [5.74, 6) is 1.25. The third kappa shape index (κ3) is 3.02. The maximum Gasteiger partial charge on any atom is 0.232 e. The van der Waals surface area contributed by atoms with Crippen LogP contribution in [-0.4, -0.2) is 35.7 Å². The fourth-order valence-electron chi connectivity index (χ4n) is 1.29. The molecular formula is C11H22N4O. The summed E-state index contributed by atoms with van der Waals surface area (Å²) in [6.07, 6.45) is 0.956. The highest BCUT2D eigenvalue weighted by Gasteiger charge is 2.26. The molecule has 0 amide bonds. The fraction of sp³-hybridized carbons (Fsp3) is 0.818. The summed E-state index contributed by atoms with van der Waals surface area (Å²) in [5, 5.41) is 3.95. The van der Waals surface area contributed by atoms with Crippen molar-refractivity contribution >= 4 is 0 Å². The van der Waals surface area contributed by atoms with E-state index in [9.17, 15) is 0 Å². The molecule has 1 unspecified atom stereocenters. The number of likely N-dealkylation sites (N-methyl/N-ethyl adjacent to an activating group) is 1. The lowest BCUT2D eigenvalue weighted by atomic mass is 9.90. The first-order chi connectivity index (χ1) is 7.36. The van der Waals surface area contributed by atoms with Crippen LogP contribution in [0.15, 0.2) is 4.52 Å². The van der Waals surface area contributed by atoms with Crippen LogP contribution >= 0.6 is 0 Å². The van der Waals surface area contributed by atoms with Crippen molar-refractivity contribution in [2.24, 2.45) is 5.73 Å². The maximum atomic E-state index is 5.97. The zero-order valence-electron chi connectivity index (χ0n) is 10.8. The topological polar surface area (TPSA) is 68.2 Å². The van der Waals surface area contributed by atoms with E-state index in [1.165, 1.54) is 0 Å². The molecule has 0 aliphatic heterocycles. The molecule has 0 saturated carbocycles. The van der Waals surface area contributed by atoms with Crippen LogP contribution in [0.4, 0.5) is 0 Å². The molecule has 16 heavy (non-hydrogen) atoms. The molecule has 5 nitrogen and oxygen atoms in total. The third-order valence-corrected chi connectivity index (χ3v) is 2.80. The Bertz CT molecular complexity index is 332. The van der Waals surface area contributed by atoms with Gasteiger partial charge >= 0.3 is 0 Å². The van der Waals surface area contributed by atoms with Gasteiger partial charge in [-0.05, 0) is 20.5 Å². The zero-order chi connectivity index (χ0) is 12.3. The van der Waals surface area contributed by atoms with E-state index in [4.69, 9.17) is 10.3 Å². The molecule has 0 bridgehead atoms. The van der Waals surface area contributed by atoms with Gasteiger partial charge in [0.1, 0.15) is 0 Å². The monoisotopic (exact) mass is 226 g/mol. The van der Waals surface area contributed by atoms with Crippen molar-refractivity contribution in [3.8, 4) is 0 Å². The highest BCUT2D eigenvalue weighted by Crippen LogP contribution is 2.25. The minimum absolute atomic E-state index is 0.0803. The number of rotatable bonds is 5. The molecule has 5 heteroatoms. The number of hydrogen-bond acceptors (Lipinski definition) is 5. The molecule has 1 heterocycles. The number of nitrogens with two attached hydrogens (primary N) is 1. The minimum Gasteiger partial charge on any atom is -0.339 e. The van der Waals surface area contributed by atoms with E-state index < -0.39 is 0 Å². The van der Waals surface area contributed by atoms with E-state index in [1.807, 2.05) is 19.0 Å². The molecule has 0 saturated heterocycles. The Morgan fingerprint density at radius 3 is 2.56 bits per heavy atom. The number of aromatic nitrogens is 2. The van der Waals surface area contributed by atoms with E-state index in [0.717, 1.165) is 6.42 Å². The predicted molar refractivity (Wildman–Crippen MR) is 63.1 cm³/mol. The molecule has 1 rings (SSSR count).